The molecule has 1 aliphatic carbocycles. The average Bonchev–Trinajstić information content (AvgIpc) is 3.25. The third-order valence-corrected chi connectivity index (χ3v) is 7.01. The fraction of sp³-hybridized carbons (Fsp3) is 0.375. The first-order valence-electron chi connectivity index (χ1n) is 10.7. The zero-order chi connectivity index (χ0) is 22.1. The van der Waals surface area contributed by atoms with Crippen LogP contribution >= 0.6 is 11.3 Å². The van der Waals surface area contributed by atoms with Gasteiger partial charge in [0.05, 0.1) is 23.4 Å². The van der Waals surface area contributed by atoms with Crippen LogP contribution in [0, 0.1) is 20.8 Å². The summed E-state index contributed by atoms with van der Waals surface area (Å²) in [6, 6.07) is 5.91. The molecule has 2 aromatic heterocycles. The fourth-order valence-electron chi connectivity index (χ4n) is 3.94. The first-order valence-corrected chi connectivity index (χ1v) is 11.5. The number of nitrogens with one attached hydrogen (secondary N) is 1. The van der Waals surface area contributed by atoms with Gasteiger partial charge in [-0.25, -0.2) is 14.5 Å². The fourth-order valence-corrected chi connectivity index (χ4v) is 5.16. The van der Waals surface area contributed by atoms with E-state index in [1.165, 1.54) is 26.5 Å². The van der Waals surface area contributed by atoms with E-state index in [2.05, 4.69) is 10.1 Å². The summed E-state index contributed by atoms with van der Waals surface area (Å²) < 4.78 is 6.83. The molecule has 7 heteroatoms. The highest BCUT2D eigenvalue weighted by molar-refractivity contribution is 7.16. The Morgan fingerprint density at radius 2 is 2.00 bits per heavy atom. The summed E-state index contributed by atoms with van der Waals surface area (Å²) in [5.41, 5.74) is 5.77. The van der Waals surface area contributed by atoms with Gasteiger partial charge in [0.1, 0.15) is 5.00 Å². The van der Waals surface area contributed by atoms with Gasteiger partial charge in [0, 0.05) is 16.8 Å². The van der Waals surface area contributed by atoms with Crippen LogP contribution in [0.5, 0.6) is 0 Å². The van der Waals surface area contributed by atoms with Gasteiger partial charge in [0.15, 0.2) is 0 Å². The van der Waals surface area contributed by atoms with Crippen molar-refractivity contribution in [2.75, 3.05) is 6.61 Å². The van der Waals surface area contributed by atoms with Gasteiger partial charge in [-0.1, -0.05) is 6.07 Å². The Labute approximate surface area is 185 Å². The van der Waals surface area contributed by atoms with Crippen LogP contribution in [0.1, 0.15) is 62.9 Å². The molecule has 31 heavy (non-hydrogen) atoms. The number of esters is 1. The van der Waals surface area contributed by atoms with Gasteiger partial charge < -0.3 is 4.74 Å². The Hall–Kier alpha value is -2.93. The highest BCUT2D eigenvalue weighted by Crippen LogP contribution is 2.40. The number of aromatic nitrogens is 2. The number of H-pyrrole nitrogens is 1. The van der Waals surface area contributed by atoms with Crippen molar-refractivity contribution in [3.8, 4) is 5.69 Å². The molecule has 162 valence electrons. The van der Waals surface area contributed by atoms with Gasteiger partial charge >= 0.3 is 5.97 Å². The number of fused-ring (bicyclic) bond motifs is 1. The number of aromatic amines is 1. The summed E-state index contributed by atoms with van der Waals surface area (Å²) >= 11 is 1.54. The first kappa shape index (κ1) is 21.3. The van der Waals surface area contributed by atoms with Gasteiger partial charge in [-0.05, 0) is 82.2 Å². The second-order valence-electron chi connectivity index (χ2n) is 7.93. The van der Waals surface area contributed by atoms with Crippen molar-refractivity contribution in [3.05, 3.63) is 66.9 Å². The molecule has 1 aliphatic rings. The highest BCUT2D eigenvalue weighted by Gasteiger charge is 2.26. The minimum atomic E-state index is -0.326. The quantitative estimate of drug-likeness (QED) is 0.453. The van der Waals surface area contributed by atoms with Crippen LogP contribution in [0.15, 0.2) is 28.0 Å². The highest BCUT2D eigenvalue weighted by atomic mass is 32.1. The zero-order valence-electron chi connectivity index (χ0n) is 18.4. The van der Waals surface area contributed by atoms with Gasteiger partial charge in [0.2, 0.25) is 0 Å². The lowest BCUT2D eigenvalue weighted by molar-refractivity contribution is 0.0526. The molecule has 4 rings (SSSR count). The molecule has 0 radical (unpaired) electrons. The zero-order valence-corrected chi connectivity index (χ0v) is 19.2. The van der Waals surface area contributed by atoms with E-state index in [0.717, 1.165) is 48.2 Å². The first-order chi connectivity index (χ1) is 14.9. The number of nitrogens with zero attached hydrogens (tertiary/aromatic N) is 2. The lowest BCUT2D eigenvalue weighted by Gasteiger charge is -2.11. The van der Waals surface area contributed by atoms with Crippen LogP contribution in [0.25, 0.3) is 5.69 Å². The van der Waals surface area contributed by atoms with Crippen molar-refractivity contribution in [1.82, 2.24) is 9.78 Å². The number of benzene rings is 1. The lowest BCUT2D eigenvalue weighted by Crippen LogP contribution is -2.17. The van der Waals surface area contributed by atoms with E-state index in [1.807, 2.05) is 39.0 Å². The summed E-state index contributed by atoms with van der Waals surface area (Å²) in [5.74, 6) is -0.326. The maximum atomic E-state index is 13.1. The van der Waals surface area contributed by atoms with Crippen LogP contribution in [0.3, 0.4) is 0 Å². The van der Waals surface area contributed by atoms with Gasteiger partial charge in [-0.2, -0.15) is 0 Å². The maximum Gasteiger partial charge on any atom is 0.341 e. The number of aryl methyl sites for hydroxylation is 4. The van der Waals surface area contributed by atoms with Gasteiger partial charge in [0.25, 0.3) is 5.56 Å². The van der Waals surface area contributed by atoms with E-state index in [9.17, 15) is 9.59 Å². The number of rotatable bonds is 5. The third kappa shape index (κ3) is 4.02. The predicted molar refractivity (Wildman–Crippen MR) is 125 cm³/mol. The van der Waals surface area contributed by atoms with Crippen LogP contribution in [0.4, 0.5) is 5.00 Å². The number of thiophene rings is 1. The van der Waals surface area contributed by atoms with Crippen molar-refractivity contribution in [2.24, 2.45) is 4.99 Å². The molecule has 1 aromatic carbocycles. The van der Waals surface area contributed by atoms with E-state index in [0.29, 0.717) is 22.7 Å². The third-order valence-electron chi connectivity index (χ3n) is 5.81. The molecule has 0 spiro atoms. The Kier molecular flexibility index (Phi) is 5.96. The van der Waals surface area contributed by atoms with Crippen molar-refractivity contribution in [1.29, 1.82) is 0 Å². The molecule has 0 amide bonds. The van der Waals surface area contributed by atoms with Crippen LogP contribution < -0.4 is 5.56 Å². The van der Waals surface area contributed by atoms with E-state index < -0.39 is 0 Å². The van der Waals surface area contributed by atoms with Crippen LogP contribution in [-0.4, -0.2) is 28.6 Å². The molecule has 0 bridgehead atoms. The van der Waals surface area contributed by atoms with Gasteiger partial charge in [-0.3, -0.25) is 9.89 Å². The second-order valence-corrected chi connectivity index (χ2v) is 9.01. The molecular weight excluding hydrogens is 410 g/mol. The molecule has 1 N–H and O–H groups in total. The van der Waals surface area contributed by atoms with E-state index in [1.54, 1.807) is 13.1 Å². The van der Waals surface area contributed by atoms with E-state index in [4.69, 9.17) is 4.74 Å². The van der Waals surface area contributed by atoms with Crippen molar-refractivity contribution in [3.63, 3.8) is 0 Å². The topological polar surface area (TPSA) is 76.4 Å². The Morgan fingerprint density at radius 1 is 1.23 bits per heavy atom. The van der Waals surface area contributed by atoms with Crippen molar-refractivity contribution < 1.29 is 9.53 Å². The van der Waals surface area contributed by atoms with E-state index in [-0.39, 0.29) is 11.5 Å². The van der Waals surface area contributed by atoms with Crippen molar-refractivity contribution in [2.45, 2.75) is 53.4 Å². The minimum absolute atomic E-state index is 0.163. The largest absolute Gasteiger partial charge is 0.462 e. The SMILES string of the molecule is CCOC(=O)c1c(N=Cc2c(C)[nH]n(-c3ccc(C)c(C)c3)c2=O)sc2c1CCCC2. The van der Waals surface area contributed by atoms with Crippen LogP contribution in [-0.2, 0) is 17.6 Å². The molecule has 6 nitrogen and oxygen atoms in total. The number of ether oxygens (including phenoxy) is 1. The smallest absolute Gasteiger partial charge is 0.341 e. The number of hydrogen-bond acceptors (Lipinski definition) is 5. The molecule has 0 saturated carbocycles. The summed E-state index contributed by atoms with van der Waals surface area (Å²) in [7, 11) is 0. The standard InChI is InChI=1S/C24H27N3O3S/c1-5-30-24(29)21-18-8-6-7-9-20(18)31-22(21)25-13-19-16(4)26-27(23(19)28)17-11-10-14(2)15(3)12-17/h10-13,26H,5-9H2,1-4H3. The summed E-state index contributed by atoms with van der Waals surface area (Å²) in [5, 5.41) is 3.77. The predicted octanol–water partition coefficient (Wildman–Crippen LogP) is 4.96. The summed E-state index contributed by atoms with van der Waals surface area (Å²) in [4.78, 5) is 31.5. The molecule has 0 aliphatic heterocycles. The minimum Gasteiger partial charge on any atom is -0.462 e. The Bertz CT molecular complexity index is 1230. The van der Waals surface area contributed by atoms with Crippen LogP contribution in [0.2, 0.25) is 0 Å². The van der Waals surface area contributed by atoms with Crippen molar-refractivity contribution >= 4 is 28.5 Å². The molecule has 2 heterocycles. The Balaban J connectivity index is 1.73. The molecular formula is C24H27N3O3S. The lowest BCUT2D eigenvalue weighted by atomic mass is 9.95. The number of hydrogen-bond donors (Lipinski definition) is 1. The molecule has 0 atom stereocenters. The monoisotopic (exact) mass is 437 g/mol. The molecule has 0 fully saturated rings. The average molecular weight is 438 g/mol. The number of carbonyl (C=O) groups is 1. The summed E-state index contributed by atoms with van der Waals surface area (Å²) in [6.07, 6.45) is 5.60. The van der Waals surface area contributed by atoms with E-state index >= 15 is 0 Å². The molecule has 0 saturated heterocycles. The maximum absolute atomic E-state index is 13.1. The molecule has 3 aromatic rings. The molecule has 0 unspecified atom stereocenters. The second kappa shape index (κ2) is 8.67. The summed E-state index contributed by atoms with van der Waals surface area (Å²) in [6.45, 7) is 8.05. The number of aliphatic imine (C=N–C) groups is 1. The Morgan fingerprint density at radius 3 is 2.74 bits per heavy atom. The van der Waals surface area contributed by atoms with Gasteiger partial charge in [-0.15, -0.1) is 11.3 Å². The normalized spacial score (nSPS) is 13.5. The number of carbonyl (C=O) groups excluding carboxylic acids is 1.